The second-order valence-corrected chi connectivity index (χ2v) is 9.86. The lowest BCUT2D eigenvalue weighted by Gasteiger charge is -2.34. The number of aliphatic hydroxyl groups excluding tert-OH is 1. The summed E-state index contributed by atoms with van der Waals surface area (Å²) in [4.78, 5) is 26.7. The summed E-state index contributed by atoms with van der Waals surface area (Å²) in [5.41, 5.74) is 0.446. The highest BCUT2D eigenvalue weighted by Gasteiger charge is 2.49. The number of hydrogen-bond acceptors (Lipinski definition) is 6. The number of carbonyl (C=O) groups excluding carboxylic acids is 2. The van der Waals surface area contributed by atoms with Gasteiger partial charge in [-0.15, -0.1) is 0 Å². The van der Waals surface area contributed by atoms with E-state index in [4.69, 9.17) is 14.2 Å². The molecule has 1 N–H and O–H groups in total. The lowest BCUT2D eigenvalue weighted by atomic mass is 9.72. The van der Waals surface area contributed by atoms with Crippen LogP contribution in [0.25, 0.3) is 0 Å². The number of benzene rings is 1. The van der Waals surface area contributed by atoms with Gasteiger partial charge in [-0.25, -0.2) is 0 Å². The number of aliphatic hydroxyl groups is 1. The highest BCUT2D eigenvalue weighted by molar-refractivity contribution is 5.84. The van der Waals surface area contributed by atoms with Gasteiger partial charge in [-0.2, -0.15) is 0 Å². The topological polar surface area (TPSA) is 85.3 Å². The summed E-state index contributed by atoms with van der Waals surface area (Å²) in [5, 5.41) is 10.7. The van der Waals surface area contributed by atoms with Gasteiger partial charge in [0.15, 0.2) is 17.6 Å². The van der Waals surface area contributed by atoms with Crippen LogP contribution in [0.4, 0.5) is 0 Å². The van der Waals surface area contributed by atoms with Gasteiger partial charge >= 0.3 is 5.97 Å². The van der Waals surface area contributed by atoms with Crippen LogP contribution in [0.1, 0.15) is 71.3 Å². The number of ether oxygens (including phenoxy) is 3. The Hall–Kier alpha value is -2.28. The molecular weight excluding hydrogens is 422 g/mol. The summed E-state index contributed by atoms with van der Waals surface area (Å²) in [6.07, 6.45) is 3.19. The zero-order chi connectivity index (χ0) is 24.2. The molecular formula is C26H39NO6. The number of rotatable bonds is 11. The first-order chi connectivity index (χ1) is 15.7. The minimum atomic E-state index is -0.784. The molecule has 0 spiro atoms. The molecule has 1 saturated carbocycles. The lowest BCUT2D eigenvalue weighted by Crippen LogP contribution is -2.42. The van der Waals surface area contributed by atoms with Gasteiger partial charge in [0, 0.05) is 31.3 Å². The molecule has 33 heavy (non-hydrogen) atoms. The van der Waals surface area contributed by atoms with E-state index in [0.717, 1.165) is 18.4 Å². The Morgan fingerprint density at radius 2 is 2.00 bits per heavy atom. The molecule has 1 aromatic rings. The molecule has 2 fully saturated rings. The van der Waals surface area contributed by atoms with Gasteiger partial charge in [-0.1, -0.05) is 26.3 Å². The molecule has 3 unspecified atom stereocenters. The summed E-state index contributed by atoms with van der Waals surface area (Å²) in [6.45, 7) is 8.66. The van der Waals surface area contributed by atoms with Crippen molar-refractivity contribution in [3.63, 3.8) is 0 Å². The van der Waals surface area contributed by atoms with E-state index < -0.39 is 23.6 Å². The first kappa shape index (κ1) is 25.3. The Kier molecular flexibility index (Phi) is 8.27. The van der Waals surface area contributed by atoms with Crippen molar-refractivity contribution in [3.05, 3.63) is 23.8 Å². The van der Waals surface area contributed by atoms with Crippen LogP contribution < -0.4 is 9.47 Å². The minimum absolute atomic E-state index is 0.0974. The molecule has 1 aliphatic heterocycles. The second kappa shape index (κ2) is 10.8. The van der Waals surface area contributed by atoms with Crippen molar-refractivity contribution in [1.82, 2.24) is 4.90 Å². The minimum Gasteiger partial charge on any atom is -0.493 e. The van der Waals surface area contributed by atoms with E-state index in [-0.39, 0.29) is 11.8 Å². The summed E-state index contributed by atoms with van der Waals surface area (Å²) in [7, 11) is 1.63. The summed E-state index contributed by atoms with van der Waals surface area (Å²) < 4.78 is 16.9. The molecule has 3 rings (SSSR count). The molecule has 1 heterocycles. The van der Waals surface area contributed by atoms with Crippen molar-refractivity contribution in [2.45, 2.75) is 77.9 Å². The Bertz CT molecular complexity index is 836. The van der Waals surface area contributed by atoms with Crippen molar-refractivity contribution in [3.8, 4) is 11.5 Å². The van der Waals surface area contributed by atoms with Crippen molar-refractivity contribution in [2.75, 3.05) is 26.8 Å². The predicted octanol–water partition coefficient (Wildman–Crippen LogP) is 3.92. The fourth-order valence-electron chi connectivity index (χ4n) is 4.63. The average Bonchev–Trinajstić information content (AvgIpc) is 3.54. The SMILES string of the molecule is CCCC[C@H](OC(C)=O)C(=O)N1CC(c2ccc(OC)c(OCC3CC3)c2)C(C)(C(C)O)C1. The smallest absolute Gasteiger partial charge is 0.303 e. The zero-order valence-electron chi connectivity index (χ0n) is 20.6. The van der Waals surface area contributed by atoms with E-state index in [1.807, 2.05) is 32.0 Å². The fraction of sp³-hybridized carbons (Fsp3) is 0.692. The van der Waals surface area contributed by atoms with Crippen molar-refractivity contribution in [1.29, 1.82) is 0 Å². The van der Waals surface area contributed by atoms with E-state index in [0.29, 0.717) is 43.5 Å². The van der Waals surface area contributed by atoms with Crippen LogP contribution in [0.3, 0.4) is 0 Å². The molecule has 1 aromatic carbocycles. The summed E-state index contributed by atoms with van der Waals surface area (Å²) >= 11 is 0. The van der Waals surface area contributed by atoms with Crippen LogP contribution in [-0.4, -0.2) is 60.9 Å². The van der Waals surface area contributed by atoms with Crippen LogP contribution in [0, 0.1) is 11.3 Å². The van der Waals surface area contributed by atoms with Crippen LogP contribution in [0.2, 0.25) is 0 Å². The number of esters is 1. The molecule has 4 atom stereocenters. The highest BCUT2D eigenvalue weighted by Crippen LogP contribution is 2.47. The third-order valence-electron chi connectivity index (χ3n) is 7.16. The number of methoxy groups -OCH3 is 1. The Balaban J connectivity index is 1.85. The first-order valence-corrected chi connectivity index (χ1v) is 12.1. The van der Waals surface area contributed by atoms with Gasteiger partial charge < -0.3 is 24.2 Å². The van der Waals surface area contributed by atoms with Crippen LogP contribution >= 0.6 is 0 Å². The molecule has 0 radical (unpaired) electrons. The molecule has 7 heteroatoms. The molecule has 0 aromatic heterocycles. The van der Waals surface area contributed by atoms with E-state index in [2.05, 4.69) is 0 Å². The third kappa shape index (κ3) is 5.99. The summed E-state index contributed by atoms with van der Waals surface area (Å²) in [6, 6.07) is 5.87. The quantitative estimate of drug-likeness (QED) is 0.503. The predicted molar refractivity (Wildman–Crippen MR) is 125 cm³/mol. The van der Waals surface area contributed by atoms with Crippen molar-refractivity contribution in [2.24, 2.45) is 11.3 Å². The van der Waals surface area contributed by atoms with E-state index in [9.17, 15) is 14.7 Å². The van der Waals surface area contributed by atoms with Crippen LogP contribution in [0.15, 0.2) is 18.2 Å². The lowest BCUT2D eigenvalue weighted by molar-refractivity contribution is -0.159. The number of amides is 1. The molecule has 1 saturated heterocycles. The Morgan fingerprint density at radius 1 is 1.27 bits per heavy atom. The van der Waals surface area contributed by atoms with Gasteiger partial charge in [0.25, 0.3) is 5.91 Å². The molecule has 7 nitrogen and oxygen atoms in total. The number of nitrogens with zero attached hydrogens (tertiary/aromatic N) is 1. The number of likely N-dealkylation sites (tertiary alicyclic amines) is 1. The largest absolute Gasteiger partial charge is 0.493 e. The van der Waals surface area contributed by atoms with Crippen molar-refractivity contribution < 1.29 is 28.9 Å². The van der Waals surface area contributed by atoms with Crippen LogP contribution in [0.5, 0.6) is 11.5 Å². The van der Waals surface area contributed by atoms with Gasteiger partial charge in [0.1, 0.15) is 0 Å². The normalized spacial score (nSPS) is 24.3. The van der Waals surface area contributed by atoms with Gasteiger partial charge in [-0.05, 0) is 56.2 Å². The summed E-state index contributed by atoms with van der Waals surface area (Å²) in [5.74, 6) is 1.25. The van der Waals surface area contributed by atoms with E-state index in [1.165, 1.54) is 19.8 Å². The molecule has 1 aliphatic carbocycles. The maximum atomic E-state index is 13.3. The fourth-order valence-corrected chi connectivity index (χ4v) is 4.63. The van der Waals surface area contributed by atoms with Crippen LogP contribution in [-0.2, 0) is 14.3 Å². The molecule has 2 aliphatic rings. The standard InChI is InChI=1S/C26H39NO6/c1-6-7-8-23(33-18(3)29)25(30)27-14-21(26(4,16-27)17(2)28)20-11-12-22(31-5)24(13-20)32-15-19-9-10-19/h11-13,17,19,21,23,28H,6-10,14-16H2,1-5H3/t17?,21?,23-,26?/m0/s1. The molecule has 184 valence electrons. The second-order valence-electron chi connectivity index (χ2n) is 9.86. The zero-order valence-corrected chi connectivity index (χ0v) is 20.6. The third-order valence-corrected chi connectivity index (χ3v) is 7.16. The van der Waals surface area contributed by atoms with Crippen molar-refractivity contribution >= 4 is 11.9 Å². The first-order valence-electron chi connectivity index (χ1n) is 12.1. The number of unbranched alkanes of at least 4 members (excludes halogenated alkanes) is 1. The van der Waals surface area contributed by atoms with Gasteiger partial charge in [0.05, 0.1) is 19.8 Å². The Labute approximate surface area is 197 Å². The average molecular weight is 462 g/mol. The highest BCUT2D eigenvalue weighted by atomic mass is 16.5. The maximum Gasteiger partial charge on any atom is 0.303 e. The monoisotopic (exact) mass is 461 g/mol. The van der Waals surface area contributed by atoms with E-state index >= 15 is 0 Å². The maximum absolute atomic E-state index is 13.3. The Morgan fingerprint density at radius 3 is 2.58 bits per heavy atom. The molecule has 1 amide bonds. The number of carbonyl (C=O) groups is 2. The van der Waals surface area contributed by atoms with Gasteiger partial charge in [-0.3, -0.25) is 9.59 Å². The van der Waals surface area contributed by atoms with Gasteiger partial charge in [0.2, 0.25) is 0 Å². The number of hydrogen-bond donors (Lipinski definition) is 1. The van der Waals surface area contributed by atoms with E-state index in [1.54, 1.807) is 18.9 Å². The molecule has 0 bridgehead atoms.